The lowest BCUT2D eigenvalue weighted by atomic mass is 10.1. The van der Waals surface area contributed by atoms with Crippen molar-refractivity contribution in [2.45, 2.75) is 18.9 Å². The lowest BCUT2D eigenvalue weighted by Gasteiger charge is -2.23. The van der Waals surface area contributed by atoms with Gasteiger partial charge in [-0.25, -0.2) is 9.97 Å². The molecule has 0 aliphatic carbocycles. The number of hydrogen-bond acceptors (Lipinski definition) is 7. The van der Waals surface area contributed by atoms with Gasteiger partial charge in [0.25, 0.3) is 5.91 Å². The Labute approximate surface area is 176 Å². The van der Waals surface area contributed by atoms with Gasteiger partial charge in [0, 0.05) is 43.8 Å². The lowest BCUT2D eigenvalue weighted by Crippen LogP contribution is -2.35. The number of rotatable bonds is 7. The number of amides is 1. The van der Waals surface area contributed by atoms with Gasteiger partial charge in [-0.15, -0.1) is 0 Å². The molecule has 1 N–H and O–H groups in total. The van der Waals surface area contributed by atoms with Crippen molar-refractivity contribution in [1.29, 1.82) is 0 Å². The van der Waals surface area contributed by atoms with Gasteiger partial charge in [-0.2, -0.15) is 0 Å². The van der Waals surface area contributed by atoms with E-state index in [4.69, 9.17) is 9.40 Å². The maximum atomic E-state index is 13.1. The quantitative estimate of drug-likeness (QED) is 0.645. The van der Waals surface area contributed by atoms with Crippen LogP contribution in [0.3, 0.4) is 0 Å². The molecule has 1 atom stereocenters. The fraction of sp³-hybridized carbons (Fsp3) is 0.364. The largest absolute Gasteiger partial charge is 0.468 e. The molecule has 1 fully saturated rings. The van der Waals surface area contributed by atoms with Gasteiger partial charge >= 0.3 is 0 Å². The average molecular weight is 406 g/mol. The number of carbonyl (C=O) groups excluding carboxylic acids is 1. The number of aromatic nitrogens is 3. The van der Waals surface area contributed by atoms with Crippen LogP contribution in [0.5, 0.6) is 0 Å². The highest BCUT2D eigenvalue weighted by atomic mass is 16.3. The molecule has 1 unspecified atom stereocenters. The zero-order chi connectivity index (χ0) is 20.9. The Balaban J connectivity index is 1.59. The Kier molecular flexibility index (Phi) is 6.04. The molecule has 3 aromatic rings. The number of carbonyl (C=O) groups is 1. The van der Waals surface area contributed by atoms with Crippen molar-refractivity contribution in [3.05, 3.63) is 60.4 Å². The normalized spacial score (nSPS) is 14.8. The van der Waals surface area contributed by atoms with Gasteiger partial charge < -0.3 is 14.6 Å². The van der Waals surface area contributed by atoms with Gasteiger partial charge in [0.1, 0.15) is 5.76 Å². The van der Waals surface area contributed by atoms with Crippen LogP contribution in [0, 0.1) is 0 Å². The van der Waals surface area contributed by atoms with Crippen LogP contribution in [0.4, 0.5) is 5.95 Å². The van der Waals surface area contributed by atoms with E-state index in [0.717, 1.165) is 37.3 Å². The Bertz CT molecular complexity index is 969. The SMILES string of the molecule is CN(C)C(CNC(=O)c1cnc(N2CCCC2)nc1-c1cccnc1)c1ccco1. The Morgan fingerprint density at radius 2 is 2.07 bits per heavy atom. The van der Waals surface area contributed by atoms with Crippen LogP contribution in [0.1, 0.15) is 35.0 Å². The molecule has 1 aliphatic rings. The van der Waals surface area contributed by atoms with Gasteiger partial charge in [0.2, 0.25) is 5.95 Å². The van der Waals surface area contributed by atoms with Crippen molar-refractivity contribution in [3.63, 3.8) is 0 Å². The summed E-state index contributed by atoms with van der Waals surface area (Å²) in [6, 6.07) is 7.43. The summed E-state index contributed by atoms with van der Waals surface area (Å²) in [6.45, 7) is 2.27. The molecule has 4 heterocycles. The molecule has 30 heavy (non-hydrogen) atoms. The van der Waals surface area contributed by atoms with E-state index in [2.05, 4.69) is 20.2 Å². The molecule has 1 saturated heterocycles. The van der Waals surface area contributed by atoms with E-state index in [9.17, 15) is 4.79 Å². The zero-order valence-electron chi connectivity index (χ0n) is 17.3. The van der Waals surface area contributed by atoms with Crippen molar-refractivity contribution in [3.8, 4) is 11.3 Å². The first-order valence-corrected chi connectivity index (χ1v) is 10.1. The van der Waals surface area contributed by atoms with Gasteiger partial charge in [-0.05, 0) is 51.2 Å². The molecule has 4 rings (SSSR count). The summed E-state index contributed by atoms with van der Waals surface area (Å²) in [5.41, 5.74) is 1.82. The van der Waals surface area contributed by atoms with Crippen molar-refractivity contribution >= 4 is 11.9 Å². The van der Waals surface area contributed by atoms with E-state index < -0.39 is 0 Å². The minimum atomic E-state index is -0.222. The van der Waals surface area contributed by atoms with E-state index in [1.165, 1.54) is 0 Å². The molecule has 156 valence electrons. The number of nitrogens with zero attached hydrogens (tertiary/aromatic N) is 5. The predicted octanol–water partition coefficient (Wildman–Crippen LogP) is 2.76. The predicted molar refractivity (Wildman–Crippen MR) is 114 cm³/mol. The molecule has 0 bridgehead atoms. The Morgan fingerprint density at radius 1 is 1.23 bits per heavy atom. The van der Waals surface area contributed by atoms with E-state index in [0.29, 0.717) is 23.8 Å². The minimum absolute atomic E-state index is 0.0735. The summed E-state index contributed by atoms with van der Waals surface area (Å²) < 4.78 is 5.53. The fourth-order valence-electron chi connectivity index (χ4n) is 3.63. The van der Waals surface area contributed by atoms with Gasteiger partial charge in [-0.1, -0.05) is 0 Å². The topological polar surface area (TPSA) is 87.4 Å². The maximum Gasteiger partial charge on any atom is 0.255 e. The summed E-state index contributed by atoms with van der Waals surface area (Å²) in [7, 11) is 3.91. The summed E-state index contributed by atoms with van der Waals surface area (Å²) in [5.74, 6) is 1.23. The molecule has 8 heteroatoms. The maximum absolute atomic E-state index is 13.1. The monoisotopic (exact) mass is 406 g/mol. The van der Waals surface area contributed by atoms with Crippen molar-refractivity contribution in [2.75, 3.05) is 38.6 Å². The second kappa shape index (κ2) is 9.04. The van der Waals surface area contributed by atoms with E-state index >= 15 is 0 Å². The first-order chi connectivity index (χ1) is 14.6. The molecular weight excluding hydrogens is 380 g/mol. The second-order valence-corrected chi connectivity index (χ2v) is 7.57. The third kappa shape index (κ3) is 4.33. The lowest BCUT2D eigenvalue weighted by molar-refractivity contribution is 0.0939. The molecule has 1 aliphatic heterocycles. The minimum Gasteiger partial charge on any atom is -0.468 e. The smallest absolute Gasteiger partial charge is 0.255 e. The van der Waals surface area contributed by atoms with E-state index in [-0.39, 0.29) is 11.9 Å². The number of likely N-dealkylation sites (N-methyl/N-ethyl adjacent to an activating group) is 1. The average Bonchev–Trinajstić information content (AvgIpc) is 3.48. The molecule has 0 radical (unpaired) electrons. The number of furan rings is 1. The van der Waals surface area contributed by atoms with E-state index in [1.54, 1.807) is 24.9 Å². The highest BCUT2D eigenvalue weighted by Gasteiger charge is 2.23. The first kappa shape index (κ1) is 20.0. The summed E-state index contributed by atoms with van der Waals surface area (Å²) in [6.07, 6.45) is 8.95. The van der Waals surface area contributed by atoms with Crippen LogP contribution in [-0.2, 0) is 0 Å². The summed E-state index contributed by atoms with van der Waals surface area (Å²) in [4.78, 5) is 30.7. The van der Waals surface area contributed by atoms with Crippen LogP contribution in [0.2, 0.25) is 0 Å². The van der Waals surface area contributed by atoms with Crippen molar-refractivity contribution < 1.29 is 9.21 Å². The molecule has 3 aromatic heterocycles. The van der Waals surface area contributed by atoms with Crippen molar-refractivity contribution in [2.24, 2.45) is 0 Å². The van der Waals surface area contributed by atoms with Crippen LogP contribution in [0.25, 0.3) is 11.3 Å². The van der Waals surface area contributed by atoms with Crippen LogP contribution in [0.15, 0.2) is 53.5 Å². The standard InChI is InChI=1S/C22H26N6O2/c1-27(2)18(19-8-6-12-30-19)15-24-21(29)17-14-25-22(28-10-3-4-11-28)26-20(17)16-7-5-9-23-13-16/h5-9,12-14,18H,3-4,10-11,15H2,1-2H3,(H,24,29). The number of anilines is 1. The molecule has 8 nitrogen and oxygen atoms in total. The van der Waals surface area contributed by atoms with E-state index in [1.807, 2.05) is 43.3 Å². The first-order valence-electron chi connectivity index (χ1n) is 10.1. The van der Waals surface area contributed by atoms with Gasteiger partial charge in [-0.3, -0.25) is 14.7 Å². The molecule has 0 aromatic carbocycles. The highest BCUT2D eigenvalue weighted by Crippen LogP contribution is 2.25. The molecule has 1 amide bonds. The van der Waals surface area contributed by atoms with Crippen LogP contribution < -0.4 is 10.2 Å². The molecule has 0 saturated carbocycles. The van der Waals surface area contributed by atoms with Gasteiger partial charge in [0.05, 0.1) is 23.6 Å². The van der Waals surface area contributed by atoms with Crippen LogP contribution in [-0.4, -0.2) is 59.5 Å². The van der Waals surface area contributed by atoms with Crippen molar-refractivity contribution in [1.82, 2.24) is 25.2 Å². The highest BCUT2D eigenvalue weighted by molar-refractivity contribution is 5.99. The Hall–Kier alpha value is -3.26. The second-order valence-electron chi connectivity index (χ2n) is 7.57. The molecule has 0 spiro atoms. The number of nitrogens with one attached hydrogen (secondary N) is 1. The fourth-order valence-corrected chi connectivity index (χ4v) is 3.63. The molecular formula is C22H26N6O2. The summed E-state index contributed by atoms with van der Waals surface area (Å²) >= 11 is 0. The van der Waals surface area contributed by atoms with Crippen LogP contribution >= 0.6 is 0 Å². The van der Waals surface area contributed by atoms with Gasteiger partial charge in [0.15, 0.2) is 0 Å². The Morgan fingerprint density at radius 3 is 2.73 bits per heavy atom. The zero-order valence-corrected chi connectivity index (χ0v) is 17.3. The third-order valence-electron chi connectivity index (χ3n) is 5.30. The summed E-state index contributed by atoms with van der Waals surface area (Å²) in [5, 5.41) is 3.01. The number of pyridine rings is 1. The third-order valence-corrected chi connectivity index (χ3v) is 5.30. The number of hydrogen-bond donors (Lipinski definition) is 1.